The molecule has 0 bridgehead atoms. The maximum atomic E-state index is 10.4. The Balaban J connectivity index is -0.000000196. The van der Waals surface area contributed by atoms with Crippen LogP contribution in [0.2, 0.25) is 0 Å². The number of hydrogen-bond acceptors (Lipinski definition) is 9. The van der Waals surface area contributed by atoms with Crippen LogP contribution < -0.4 is 15.3 Å². The molecule has 9 nitrogen and oxygen atoms in total. The summed E-state index contributed by atoms with van der Waals surface area (Å²) in [6, 6.07) is 0. The third-order valence-electron chi connectivity index (χ3n) is 4.35. The molecule has 0 aromatic rings. The Labute approximate surface area is 239 Å². The molecular weight excluding hydrogens is 572 g/mol. The summed E-state index contributed by atoms with van der Waals surface area (Å²) in [6.07, 6.45) is 5.13. The standard InChI is InChI=1S/3C8H16O3.Ce/c3*1-3-5-6-7(8(9)10)11-4-2;/h3*7H,3-6H2,1-2H3,(H,9,10);/q;;;+3/p-3. The minimum Gasteiger partial charge on any atom is -0.547 e. The quantitative estimate of drug-likeness (QED) is 0.220. The molecule has 0 fully saturated rings. The van der Waals surface area contributed by atoms with E-state index in [4.69, 9.17) is 14.2 Å². The molecule has 0 N–H and O–H groups in total. The molecule has 0 aromatic carbocycles. The number of rotatable bonds is 18. The van der Waals surface area contributed by atoms with Crippen molar-refractivity contribution in [1.82, 2.24) is 0 Å². The zero-order valence-electron chi connectivity index (χ0n) is 21.9. The molecule has 0 spiro atoms. The van der Waals surface area contributed by atoms with Crippen LogP contribution in [-0.4, -0.2) is 56.0 Å². The maximum absolute atomic E-state index is 10.4. The fourth-order valence-corrected chi connectivity index (χ4v) is 2.58. The maximum Gasteiger partial charge on any atom is 3.00 e. The molecule has 34 heavy (non-hydrogen) atoms. The Bertz CT molecular complexity index is 409. The van der Waals surface area contributed by atoms with Crippen molar-refractivity contribution < 1.29 is 85.7 Å². The van der Waals surface area contributed by atoms with Gasteiger partial charge in [-0.1, -0.05) is 59.3 Å². The van der Waals surface area contributed by atoms with Crippen molar-refractivity contribution in [3.8, 4) is 0 Å². The molecule has 0 saturated carbocycles. The molecule has 3 atom stereocenters. The molecule has 10 heteroatoms. The minimum absolute atomic E-state index is 0. The number of aliphatic carboxylic acids is 3. The van der Waals surface area contributed by atoms with Gasteiger partial charge in [-0.2, -0.15) is 0 Å². The van der Waals surface area contributed by atoms with Gasteiger partial charge in [-0.05, 0) is 40.0 Å². The largest absolute Gasteiger partial charge is 3.00 e. The summed E-state index contributed by atoms with van der Waals surface area (Å²) in [5, 5.41) is 31.1. The summed E-state index contributed by atoms with van der Waals surface area (Å²) in [6.45, 7) is 12.7. The smallest absolute Gasteiger partial charge is 0.547 e. The Morgan fingerprint density at radius 2 is 0.735 bits per heavy atom. The zero-order chi connectivity index (χ0) is 26.1. The first kappa shape index (κ1) is 40.8. The van der Waals surface area contributed by atoms with E-state index in [0.717, 1.165) is 38.5 Å². The first-order valence-corrected chi connectivity index (χ1v) is 12.1. The Hall–Kier alpha value is -0.333. The van der Waals surface area contributed by atoms with Crippen molar-refractivity contribution in [2.45, 2.75) is 118 Å². The second-order valence-corrected chi connectivity index (χ2v) is 7.22. The van der Waals surface area contributed by atoms with E-state index < -0.39 is 36.2 Å². The third kappa shape index (κ3) is 27.9. The van der Waals surface area contributed by atoms with Crippen molar-refractivity contribution in [1.29, 1.82) is 0 Å². The number of ether oxygens (including phenoxy) is 3. The van der Waals surface area contributed by atoms with E-state index >= 15 is 0 Å². The molecule has 1 radical (unpaired) electrons. The van der Waals surface area contributed by atoms with Gasteiger partial charge in [-0.25, -0.2) is 0 Å². The SMILES string of the molecule is CCCCC(OCC)C(=O)[O-].CCCCC(OCC)C(=O)[O-].CCCCC(OCC)C(=O)[O-].[Ce+3]. The summed E-state index contributed by atoms with van der Waals surface area (Å²) in [5.41, 5.74) is 0. The Morgan fingerprint density at radius 1 is 0.529 bits per heavy atom. The van der Waals surface area contributed by atoms with Gasteiger partial charge in [0.2, 0.25) is 0 Å². The summed E-state index contributed by atoms with van der Waals surface area (Å²) >= 11 is 0. The van der Waals surface area contributed by atoms with Gasteiger partial charge in [-0.3, -0.25) is 0 Å². The average Bonchev–Trinajstić information content (AvgIpc) is 2.77. The average molecular weight is 618 g/mol. The van der Waals surface area contributed by atoms with Gasteiger partial charge < -0.3 is 43.9 Å². The summed E-state index contributed by atoms with van der Waals surface area (Å²) in [5.74, 6) is -3.29. The number of carbonyl (C=O) groups excluding carboxylic acids is 3. The van der Waals surface area contributed by atoms with Crippen LogP contribution in [0.5, 0.6) is 0 Å². The second kappa shape index (κ2) is 30.7. The monoisotopic (exact) mass is 617 g/mol. The fraction of sp³-hybridized carbons (Fsp3) is 0.875. The van der Waals surface area contributed by atoms with Crippen LogP contribution in [0.4, 0.5) is 0 Å². The van der Waals surface area contributed by atoms with Crippen molar-refractivity contribution >= 4 is 17.9 Å². The molecule has 0 saturated heterocycles. The van der Waals surface area contributed by atoms with E-state index in [2.05, 4.69) is 0 Å². The van der Waals surface area contributed by atoms with Crippen LogP contribution in [0.1, 0.15) is 99.3 Å². The molecule has 0 rings (SSSR count). The van der Waals surface area contributed by atoms with Crippen LogP contribution in [0.15, 0.2) is 0 Å². The number of unbranched alkanes of at least 4 members (excludes halogenated alkanes) is 3. The van der Waals surface area contributed by atoms with Gasteiger partial charge in [0.15, 0.2) is 0 Å². The topological polar surface area (TPSA) is 148 Å². The van der Waals surface area contributed by atoms with Crippen molar-refractivity contribution in [2.24, 2.45) is 0 Å². The summed E-state index contributed by atoms with van der Waals surface area (Å²) in [7, 11) is 0. The van der Waals surface area contributed by atoms with Gasteiger partial charge in [0.1, 0.15) is 0 Å². The molecule has 0 aliphatic heterocycles. The van der Waals surface area contributed by atoms with Gasteiger partial charge >= 0.3 is 41.7 Å². The summed E-state index contributed by atoms with van der Waals surface area (Å²) in [4.78, 5) is 31.1. The number of carboxylic acid groups (broad SMARTS) is 3. The number of hydrogen-bond donors (Lipinski definition) is 0. The molecule has 3 unspecified atom stereocenters. The van der Waals surface area contributed by atoms with E-state index in [1.54, 1.807) is 20.8 Å². The molecular formula is C24H45CeO9. The Morgan fingerprint density at radius 3 is 0.853 bits per heavy atom. The van der Waals surface area contributed by atoms with Crippen molar-refractivity contribution in [3.63, 3.8) is 0 Å². The van der Waals surface area contributed by atoms with Gasteiger partial charge in [-0.15, -0.1) is 0 Å². The van der Waals surface area contributed by atoms with Crippen LogP contribution >= 0.6 is 0 Å². The van der Waals surface area contributed by atoms with Crippen LogP contribution in [0.25, 0.3) is 0 Å². The van der Waals surface area contributed by atoms with Crippen molar-refractivity contribution in [2.75, 3.05) is 19.8 Å². The summed E-state index contributed by atoms with van der Waals surface area (Å²) < 4.78 is 14.8. The Kier molecular flexibility index (Phi) is 36.9. The first-order chi connectivity index (χ1) is 15.7. The normalized spacial score (nSPS) is 12.5. The first-order valence-electron chi connectivity index (χ1n) is 12.1. The van der Waals surface area contributed by atoms with E-state index in [1.165, 1.54) is 0 Å². The molecule has 199 valence electrons. The van der Waals surface area contributed by atoms with E-state index in [9.17, 15) is 29.7 Å². The van der Waals surface area contributed by atoms with E-state index in [-0.39, 0.29) is 41.7 Å². The molecule has 0 aliphatic carbocycles. The number of carbonyl (C=O) groups is 3. The van der Waals surface area contributed by atoms with Crippen LogP contribution in [-0.2, 0) is 28.6 Å². The predicted molar refractivity (Wildman–Crippen MR) is 120 cm³/mol. The van der Waals surface area contributed by atoms with Crippen molar-refractivity contribution in [3.05, 3.63) is 0 Å². The second-order valence-electron chi connectivity index (χ2n) is 7.22. The zero-order valence-corrected chi connectivity index (χ0v) is 25.0. The van der Waals surface area contributed by atoms with Gasteiger partial charge in [0, 0.05) is 19.8 Å². The van der Waals surface area contributed by atoms with E-state index in [0.29, 0.717) is 39.1 Å². The third-order valence-corrected chi connectivity index (χ3v) is 4.35. The van der Waals surface area contributed by atoms with Crippen LogP contribution in [0, 0.1) is 41.7 Å². The van der Waals surface area contributed by atoms with E-state index in [1.807, 2.05) is 20.8 Å². The molecule has 0 aromatic heterocycles. The molecule has 0 aliphatic rings. The van der Waals surface area contributed by atoms with Gasteiger partial charge in [0.25, 0.3) is 0 Å². The molecule has 0 amide bonds. The number of carboxylic acids is 3. The predicted octanol–water partition coefficient (Wildman–Crippen LogP) is 0.995. The van der Waals surface area contributed by atoms with Crippen LogP contribution in [0.3, 0.4) is 0 Å². The van der Waals surface area contributed by atoms with Gasteiger partial charge in [0.05, 0.1) is 36.2 Å². The molecule has 0 heterocycles. The minimum atomic E-state index is -1.10. The fourth-order valence-electron chi connectivity index (χ4n) is 2.58.